The van der Waals surface area contributed by atoms with Crippen molar-refractivity contribution in [2.24, 2.45) is 17.6 Å². The van der Waals surface area contributed by atoms with Crippen molar-refractivity contribution in [3.63, 3.8) is 0 Å². The summed E-state index contributed by atoms with van der Waals surface area (Å²) in [4.78, 5) is 1.70. The van der Waals surface area contributed by atoms with Crippen LogP contribution in [0.25, 0.3) is 0 Å². The maximum absolute atomic E-state index is 13.0. The van der Waals surface area contributed by atoms with Gasteiger partial charge in [0.05, 0.1) is 0 Å². The Labute approximate surface area is 116 Å². The number of halogens is 3. The molecule has 0 spiro atoms. The van der Waals surface area contributed by atoms with Crippen molar-refractivity contribution >= 4 is 11.5 Å². The number of nitrogens with zero attached hydrogens (tertiary/aromatic N) is 1. The minimum absolute atomic E-state index is 0.283. The first-order valence-corrected chi connectivity index (χ1v) is 6.52. The van der Waals surface area contributed by atoms with Crippen LogP contribution in [0.1, 0.15) is 12.5 Å². The molecule has 1 aliphatic heterocycles. The monoisotopic (exact) mass is 285 g/mol. The third-order valence-corrected chi connectivity index (χ3v) is 3.61. The zero-order valence-electron chi connectivity index (χ0n) is 11.2. The Balaban J connectivity index is 2.27. The SMILES string of the molecule is CC1Cc2ccccc2N(CC(C(=N)N)C(F)(F)F)C1. The highest BCUT2D eigenvalue weighted by atomic mass is 19.4. The first-order chi connectivity index (χ1) is 9.29. The van der Waals surface area contributed by atoms with Gasteiger partial charge in [-0.1, -0.05) is 25.1 Å². The Hall–Kier alpha value is -1.72. The number of nitrogens with one attached hydrogen (secondary N) is 1. The van der Waals surface area contributed by atoms with Gasteiger partial charge in [0.1, 0.15) is 11.8 Å². The van der Waals surface area contributed by atoms with Gasteiger partial charge in [-0.3, -0.25) is 5.41 Å². The minimum atomic E-state index is -4.48. The number of para-hydroxylation sites is 1. The van der Waals surface area contributed by atoms with E-state index in [4.69, 9.17) is 11.1 Å². The highest BCUT2D eigenvalue weighted by Gasteiger charge is 2.43. The van der Waals surface area contributed by atoms with E-state index in [1.165, 1.54) is 0 Å². The molecule has 2 rings (SSSR count). The van der Waals surface area contributed by atoms with Crippen LogP contribution < -0.4 is 10.6 Å². The summed E-state index contributed by atoms with van der Waals surface area (Å²) < 4.78 is 38.9. The van der Waals surface area contributed by atoms with Gasteiger partial charge >= 0.3 is 6.18 Å². The van der Waals surface area contributed by atoms with E-state index in [-0.39, 0.29) is 12.5 Å². The van der Waals surface area contributed by atoms with Crippen LogP contribution in [0.3, 0.4) is 0 Å². The van der Waals surface area contributed by atoms with E-state index in [2.05, 4.69) is 0 Å². The number of fused-ring (bicyclic) bond motifs is 1. The summed E-state index contributed by atoms with van der Waals surface area (Å²) in [5.74, 6) is -2.46. The quantitative estimate of drug-likeness (QED) is 0.663. The number of hydrogen-bond acceptors (Lipinski definition) is 2. The standard InChI is InChI=1S/C14H18F3N3/c1-9-6-10-4-2-3-5-12(10)20(7-9)8-11(13(18)19)14(15,16)17/h2-5,9,11H,6-8H2,1H3,(H3,18,19). The van der Waals surface area contributed by atoms with Crippen LogP contribution >= 0.6 is 0 Å². The summed E-state index contributed by atoms with van der Waals surface area (Å²) >= 11 is 0. The average molecular weight is 285 g/mol. The number of benzene rings is 1. The molecule has 1 heterocycles. The molecule has 0 aromatic heterocycles. The molecule has 20 heavy (non-hydrogen) atoms. The molecule has 6 heteroatoms. The van der Waals surface area contributed by atoms with Crippen molar-refractivity contribution < 1.29 is 13.2 Å². The lowest BCUT2D eigenvalue weighted by atomic mass is 9.93. The maximum atomic E-state index is 13.0. The lowest BCUT2D eigenvalue weighted by Crippen LogP contribution is -2.46. The summed E-state index contributed by atoms with van der Waals surface area (Å²) in [7, 11) is 0. The van der Waals surface area contributed by atoms with E-state index in [0.717, 1.165) is 17.7 Å². The van der Waals surface area contributed by atoms with Crippen LogP contribution in [0, 0.1) is 17.2 Å². The smallest absolute Gasteiger partial charge is 0.387 e. The van der Waals surface area contributed by atoms with Crippen molar-refractivity contribution in [1.82, 2.24) is 0 Å². The highest BCUT2D eigenvalue weighted by Crippen LogP contribution is 2.33. The second-order valence-electron chi connectivity index (χ2n) is 5.39. The Morgan fingerprint density at radius 3 is 2.70 bits per heavy atom. The summed E-state index contributed by atoms with van der Waals surface area (Å²) in [5.41, 5.74) is 7.00. The topological polar surface area (TPSA) is 53.1 Å². The second-order valence-corrected chi connectivity index (χ2v) is 5.39. The third-order valence-electron chi connectivity index (χ3n) is 3.61. The Morgan fingerprint density at radius 1 is 1.45 bits per heavy atom. The van der Waals surface area contributed by atoms with Crippen LogP contribution in [-0.4, -0.2) is 25.1 Å². The Kier molecular flexibility index (Phi) is 3.92. The number of alkyl halides is 3. The molecule has 0 saturated carbocycles. The molecule has 110 valence electrons. The second kappa shape index (κ2) is 5.34. The highest BCUT2D eigenvalue weighted by molar-refractivity contribution is 5.81. The van der Waals surface area contributed by atoms with Gasteiger partial charge in [-0.2, -0.15) is 13.2 Å². The molecule has 1 aliphatic rings. The van der Waals surface area contributed by atoms with Crippen LogP contribution in [-0.2, 0) is 6.42 Å². The molecule has 0 aliphatic carbocycles. The van der Waals surface area contributed by atoms with Crippen LogP contribution in [0.2, 0.25) is 0 Å². The summed E-state index contributed by atoms with van der Waals surface area (Å²) in [6.07, 6.45) is -3.62. The van der Waals surface area contributed by atoms with Crippen LogP contribution in [0.4, 0.5) is 18.9 Å². The molecule has 0 radical (unpaired) electrons. The number of amidine groups is 1. The lowest BCUT2D eigenvalue weighted by Gasteiger charge is -2.37. The van der Waals surface area contributed by atoms with E-state index in [1.54, 1.807) is 4.90 Å². The Bertz CT molecular complexity index is 499. The maximum Gasteiger partial charge on any atom is 0.400 e. The number of rotatable bonds is 3. The molecule has 2 unspecified atom stereocenters. The van der Waals surface area contributed by atoms with Gasteiger partial charge < -0.3 is 10.6 Å². The minimum Gasteiger partial charge on any atom is -0.387 e. The van der Waals surface area contributed by atoms with E-state index in [9.17, 15) is 13.2 Å². The van der Waals surface area contributed by atoms with Gasteiger partial charge in [0, 0.05) is 18.8 Å². The molecule has 3 N–H and O–H groups in total. The van der Waals surface area contributed by atoms with Crippen molar-refractivity contribution in [3.05, 3.63) is 29.8 Å². The Morgan fingerprint density at radius 2 is 2.10 bits per heavy atom. The fraction of sp³-hybridized carbons (Fsp3) is 0.500. The predicted molar refractivity (Wildman–Crippen MR) is 73.0 cm³/mol. The van der Waals surface area contributed by atoms with Crippen LogP contribution in [0.5, 0.6) is 0 Å². The zero-order chi connectivity index (χ0) is 14.9. The summed E-state index contributed by atoms with van der Waals surface area (Å²) in [6, 6.07) is 7.47. The van der Waals surface area contributed by atoms with Gasteiger partial charge in [-0.25, -0.2) is 0 Å². The molecule has 0 fully saturated rings. The van der Waals surface area contributed by atoms with E-state index < -0.39 is 17.9 Å². The molecular weight excluding hydrogens is 267 g/mol. The third kappa shape index (κ3) is 3.05. The van der Waals surface area contributed by atoms with Crippen molar-refractivity contribution in [2.75, 3.05) is 18.0 Å². The van der Waals surface area contributed by atoms with Gasteiger partial charge in [-0.15, -0.1) is 0 Å². The number of anilines is 1. The first kappa shape index (κ1) is 14.7. The van der Waals surface area contributed by atoms with E-state index >= 15 is 0 Å². The number of nitrogens with two attached hydrogens (primary N) is 1. The molecule has 0 bridgehead atoms. The normalized spacial score (nSPS) is 20.4. The molecule has 0 saturated heterocycles. The molecular formula is C14H18F3N3. The summed E-state index contributed by atoms with van der Waals surface area (Å²) in [5, 5.41) is 7.19. The van der Waals surface area contributed by atoms with Crippen molar-refractivity contribution in [3.8, 4) is 0 Å². The predicted octanol–water partition coefficient (Wildman–Crippen LogP) is 2.80. The van der Waals surface area contributed by atoms with E-state index in [0.29, 0.717) is 6.54 Å². The lowest BCUT2D eigenvalue weighted by molar-refractivity contribution is -0.153. The summed E-state index contributed by atoms with van der Waals surface area (Å²) in [6.45, 7) is 2.27. The largest absolute Gasteiger partial charge is 0.400 e. The molecule has 0 amide bonds. The average Bonchev–Trinajstić information content (AvgIpc) is 2.33. The molecule has 1 aromatic rings. The van der Waals surface area contributed by atoms with Crippen LogP contribution in [0.15, 0.2) is 24.3 Å². The zero-order valence-corrected chi connectivity index (χ0v) is 11.2. The molecule has 2 atom stereocenters. The van der Waals surface area contributed by atoms with Crippen molar-refractivity contribution in [2.45, 2.75) is 19.5 Å². The van der Waals surface area contributed by atoms with Crippen molar-refractivity contribution in [1.29, 1.82) is 5.41 Å². The fourth-order valence-electron chi connectivity index (χ4n) is 2.68. The molecule has 1 aromatic carbocycles. The number of hydrogen-bond donors (Lipinski definition) is 2. The van der Waals surface area contributed by atoms with E-state index in [1.807, 2.05) is 31.2 Å². The molecule has 3 nitrogen and oxygen atoms in total. The van der Waals surface area contributed by atoms with Gasteiger partial charge in [0.15, 0.2) is 0 Å². The van der Waals surface area contributed by atoms with Gasteiger partial charge in [0.2, 0.25) is 0 Å². The van der Waals surface area contributed by atoms with Gasteiger partial charge in [0.25, 0.3) is 0 Å². The fourth-order valence-corrected chi connectivity index (χ4v) is 2.68. The van der Waals surface area contributed by atoms with Gasteiger partial charge in [-0.05, 0) is 24.0 Å². The first-order valence-electron chi connectivity index (χ1n) is 6.52.